The predicted octanol–water partition coefficient (Wildman–Crippen LogP) is -0.0955. The maximum absolute atomic E-state index is 9.69. The fourth-order valence-corrected chi connectivity index (χ4v) is 3.46. The molecular weight excluding hydrogens is 334 g/mol. The number of nitrogens with zero attached hydrogens (tertiary/aromatic N) is 3. The van der Waals surface area contributed by atoms with Gasteiger partial charge < -0.3 is 27.2 Å². The minimum Gasteiger partial charge on any atom is -1.00 e. The molecule has 3 aromatic rings. The Balaban J connectivity index is 0.00000156. The summed E-state index contributed by atoms with van der Waals surface area (Å²) in [6.45, 7) is 3.11. The second-order valence-corrected chi connectivity index (χ2v) is 6.07. The molecule has 120 valence electrons. The van der Waals surface area contributed by atoms with Crippen LogP contribution in [0.25, 0.3) is 21.6 Å². The second kappa shape index (κ2) is 6.70. The molecule has 0 unspecified atom stereocenters. The summed E-state index contributed by atoms with van der Waals surface area (Å²) in [5.74, 6) is 1.82. The van der Waals surface area contributed by atoms with Crippen molar-refractivity contribution in [3.8, 4) is 17.1 Å². The van der Waals surface area contributed by atoms with E-state index in [9.17, 15) is 5.11 Å². The molecule has 0 radical (unpaired) electrons. The summed E-state index contributed by atoms with van der Waals surface area (Å²) in [5.41, 5.74) is 1.77. The third kappa shape index (κ3) is 3.10. The molecule has 0 amide bonds. The zero-order valence-corrected chi connectivity index (χ0v) is 13.8. The fraction of sp³-hybridized carbons (Fsp3) is 0.250. The molecule has 1 saturated heterocycles. The van der Waals surface area contributed by atoms with Crippen LogP contribution >= 0.6 is 11.3 Å². The number of aromatic hydroxyl groups is 1. The lowest BCUT2D eigenvalue weighted by atomic mass is 10.2. The number of thiophene rings is 1. The summed E-state index contributed by atoms with van der Waals surface area (Å²) < 4.78 is 6.53. The van der Waals surface area contributed by atoms with Crippen molar-refractivity contribution in [3.05, 3.63) is 35.7 Å². The van der Waals surface area contributed by atoms with Gasteiger partial charge in [0.15, 0.2) is 11.6 Å². The van der Waals surface area contributed by atoms with E-state index in [-0.39, 0.29) is 18.2 Å². The number of benzene rings is 1. The van der Waals surface area contributed by atoms with E-state index in [4.69, 9.17) is 9.72 Å². The SMILES string of the molecule is Oc1cccc(-c2nc(N3CCOCC3)c3sccc3n2)c1.[Cl-]. The van der Waals surface area contributed by atoms with Gasteiger partial charge >= 0.3 is 0 Å². The molecule has 1 N–H and O–H groups in total. The zero-order valence-electron chi connectivity index (χ0n) is 12.3. The lowest BCUT2D eigenvalue weighted by Gasteiger charge is -2.28. The Labute approximate surface area is 144 Å². The van der Waals surface area contributed by atoms with E-state index in [0.717, 1.165) is 47.9 Å². The third-order valence-electron chi connectivity index (χ3n) is 3.70. The van der Waals surface area contributed by atoms with Crippen molar-refractivity contribution in [3.63, 3.8) is 0 Å². The van der Waals surface area contributed by atoms with Gasteiger partial charge in [0, 0.05) is 18.7 Å². The Kier molecular flexibility index (Phi) is 4.66. The highest BCUT2D eigenvalue weighted by Crippen LogP contribution is 2.32. The topological polar surface area (TPSA) is 58.5 Å². The molecule has 0 bridgehead atoms. The largest absolute Gasteiger partial charge is 1.00 e. The Bertz CT molecular complexity index is 818. The van der Waals surface area contributed by atoms with E-state index >= 15 is 0 Å². The number of hydrogen-bond acceptors (Lipinski definition) is 6. The van der Waals surface area contributed by atoms with Gasteiger partial charge in [0.1, 0.15) is 5.75 Å². The van der Waals surface area contributed by atoms with E-state index in [0.29, 0.717) is 5.82 Å². The van der Waals surface area contributed by atoms with Crippen molar-refractivity contribution in [2.75, 3.05) is 31.2 Å². The monoisotopic (exact) mass is 348 g/mol. The van der Waals surface area contributed by atoms with Gasteiger partial charge in [-0.3, -0.25) is 0 Å². The number of halogens is 1. The van der Waals surface area contributed by atoms with Crippen molar-refractivity contribution < 1.29 is 22.3 Å². The number of anilines is 1. The molecule has 4 rings (SSSR count). The van der Waals surface area contributed by atoms with Gasteiger partial charge in [0.2, 0.25) is 0 Å². The van der Waals surface area contributed by atoms with Crippen molar-refractivity contribution in [2.24, 2.45) is 0 Å². The molecule has 1 aliphatic heterocycles. The second-order valence-electron chi connectivity index (χ2n) is 5.16. The Hall–Kier alpha value is -1.89. The first kappa shape index (κ1) is 16.0. The number of phenols is 1. The average molecular weight is 349 g/mol. The molecular formula is C16H15ClN3O2S-. The molecule has 1 fully saturated rings. The van der Waals surface area contributed by atoms with Crippen molar-refractivity contribution in [1.82, 2.24) is 9.97 Å². The Morgan fingerprint density at radius 3 is 2.74 bits per heavy atom. The average Bonchev–Trinajstić information content (AvgIpc) is 3.03. The van der Waals surface area contributed by atoms with Crippen LogP contribution < -0.4 is 17.3 Å². The number of phenolic OH excluding ortho intramolecular Hbond substituents is 1. The number of rotatable bonds is 2. The first-order valence-electron chi connectivity index (χ1n) is 7.18. The van der Waals surface area contributed by atoms with E-state index in [1.54, 1.807) is 29.5 Å². The minimum absolute atomic E-state index is 0. The third-order valence-corrected chi connectivity index (χ3v) is 4.60. The highest BCUT2D eigenvalue weighted by molar-refractivity contribution is 7.17. The van der Waals surface area contributed by atoms with Crippen molar-refractivity contribution >= 4 is 27.4 Å². The van der Waals surface area contributed by atoms with Gasteiger partial charge in [0.05, 0.1) is 23.4 Å². The summed E-state index contributed by atoms with van der Waals surface area (Å²) in [6, 6.07) is 9.07. The quantitative estimate of drug-likeness (QED) is 0.701. The van der Waals surface area contributed by atoms with Crippen LogP contribution in [0, 0.1) is 0 Å². The lowest BCUT2D eigenvalue weighted by Crippen LogP contribution is -3.00. The van der Waals surface area contributed by atoms with Crippen molar-refractivity contribution in [2.45, 2.75) is 0 Å². The van der Waals surface area contributed by atoms with Crippen LogP contribution in [0.4, 0.5) is 5.82 Å². The van der Waals surface area contributed by atoms with Gasteiger partial charge in [-0.05, 0) is 23.6 Å². The number of morpholine rings is 1. The molecule has 0 atom stereocenters. The molecule has 3 heterocycles. The lowest BCUT2D eigenvalue weighted by molar-refractivity contribution is -0.00000618. The van der Waals surface area contributed by atoms with E-state index < -0.39 is 0 Å². The van der Waals surface area contributed by atoms with Crippen LogP contribution in [0.3, 0.4) is 0 Å². The molecule has 23 heavy (non-hydrogen) atoms. The van der Waals surface area contributed by atoms with Crippen LogP contribution in [0.2, 0.25) is 0 Å². The van der Waals surface area contributed by atoms with Gasteiger partial charge in [-0.15, -0.1) is 11.3 Å². The molecule has 1 aromatic carbocycles. The number of ether oxygens (including phenoxy) is 1. The number of hydrogen-bond donors (Lipinski definition) is 1. The van der Waals surface area contributed by atoms with Crippen LogP contribution in [0.15, 0.2) is 35.7 Å². The summed E-state index contributed by atoms with van der Waals surface area (Å²) in [7, 11) is 0. The first-order valence-corrected chi connectivity index (χ1v) is 8.06. The minimum atomic E-state index is 0. The van der Waals surface area contributed by atoms with Crippen molar-refractivity contribution in [1.29, 1.82) is 0 Å². The maximum Gasteiger partial charge on any atom is 0.162 e. The maximum atomic E-state index is 9.69. The normalized spacial score (nSPS) is 14.7. The van der Waals surface area contributed by atoms with Gasteiger partial charge in [-0.1, -0.05) is 12.1 Å². The summed E-state index contributed by atoms with van der Waals surface area (Å²) >= 11 is 1.66. The van der Waals surface area contributed by atoms with Gasteiger partial charge in [0.25, 0.3) is 0 Å². The smallest absolute Gasteiger partial charge is 0.162 e. The van der Waals surface area contributed by atoms with Crippen LogP contribution in [0.5, 0.6) is 5.75 Å². The molecule has 7 heteroatoms. The fourth-order valence-electron chi connectivity index (χ4n) is 2.61. The van der Waals surface area contributed by atoms with E-state index in [1.807, 2.05) is 17.5 Å². The molecule has 5 nitrogen and oxygen atoms in total. The standard InChI is InChI=1S/C16H15N3O2S.ClH/c20-12-3-1-2-11(10-12)15-17-13-4-9-22-14(13)16(18-15)19-5-7-21-8-6-19;/h1-4,9-10,20H,5-8H2;1H/p-1. The molecule has 0 aliphatic carbocycles. The highest BCUT2D eigenvalue weighted by atomic mass is 35.5. The van der Waals surface area contributed by atoms with Crippen LogP contribution in [0.1, 0.15) is 0 Å². The van der Waals surface area contributed by atoms with Crippen LogP contribution in [-0.2, 0) is 4.74 Å². The first-order chi connectivity index (χ1) is 10.8. The number of aromatic nitrogens is 2. The zero-order chi connectivity index (χ0) is 14.9. The molecule has 0 saturated carbocycles. The Morgan fingerprint density at radius 2 is 1.96 bits per heavy atom. The predicted molar refractivity (Wildman–Crippen MR) is 87.5 cm³/mol. The van der Waals surface area contributed by atoms with Gasteiger partial charge in [-0.25, -0.2) is 9.97 Å². The van der Waals surface area contributed by atoms with Crippen LogP contribution in [-0.4, -0.2) is 41.4 Å². The summed E-state index contributed by atoms with van der Waals surface area (Å²) in [6.07, 6.45) is 0. The highest BCUT2D eigenvalue weighted by Gasteiger charge is 2.18. The molecule has 1 aliphatic rings. The molecule has 2 aromatic heterocycles. The Morgan fingerprint density at radius 1 is 1.13 bits per heavy atom. The summed E-state index contributed by atoms with van der Waals surface area (Å²) in [4.78, 5) is 11.6. The van der Waals surface area contributed by atoms with Gasteiger partial charge in [-0.2, -0.15) is 0 Å². The summed E-state index contributed by atoms with van der Waals surface area (Å²) in [5, 5.41) is 11.7. The van der Waals surface area contributed by atoms with E-state index in [1.165, 1.54) is 0 Å². The molecule has 0 spiro atoms. The number of fused-ring (bicyclic) bond motifs is 1. The van der Waals surface area contributed by atoms with E-state index in [2.05, 4.69) is 9.88 Å².